The van der Waals surface area contributed by atoms with Gasteiger partial charge in [0.2, 0.25) is 0 Å². The minimum Gasteiger partial charge on any atom is -0.356 e. The van der Waals surface area contributed by atoms with E-state index in [0.29, 0.717) is 0 Å². The van der Waals surface area contributed by atoms with E-state index >= 15 is 0 Å². The Hall–Kier alpha value is -1.88. The molecule has 0 aliphatic carbocycles. The van der Waals surface area contributed by atoms with Crippen LogP contribution in [0.3, 0.4) is 0 Å². The van der Waals surface area contributed by atoms with E-state index in [9.17, 15) is 0 Å². The molecule has 20 heavy (non-hydrogen) atoms. The summed E-state index contributed by atoms with van der Waals surface area (Å²) in [6, 6.07) is 10.3. The zero-order valence-electron chi connectivity index (χ0n) is 11.5. The molecule has 4 nitrogen and oxygen atoms in total. The smallest absolute Gasteiger partial charge is 0.191 e. The molecule has 1 aliphatic heterocycles. The molecule has 2 heterocycles. The van der Waals surface area contributed by atoms with Crippen LogP contribution in [-0.2, 0) is 6.54 Å². The molecular weight excluding hydrogens is 268 g/mol. The van der Waals surface area contributed by atoms with Crippen LogP contribution in [0, 0.1) is 6.92 Å². The molecule has 2 aromatic rings. The van der Waals surface area contributed by atoms with Gasteiger partial charge in [0, 0.05) is 23.5 Å². The normalized spacial score (nSPS) is 14.6. The van der Waals surface area contributed by atoms with E-state index in [1.54, 1.807) is 11.3 Å². The fourth-order valence-corrected chi connectivity index (χ4v) is 3.12. The van der Waals surface area contributed by atoms with Gasteiger partial charge in [0.15, 0.2) is 5.96 Å². The van der Waals surface area contributed by atoms with Crippen LogP contribution in [0.2, 0.25) is 0 Å². The minimum atomic E-state index is 0.780. The molecule has 0 radical (unpaired) electrons. The first-order chi connectivity index (χ1) is 9.83. The van der Waals surface area contributed by atoms with Crippen molar-refractivity contribution in [1.82, 2.24) is 15.6 Å². The molecule has 0 spiro atoms. The summed E-state index contributed by atoms with van der Waals surface area (Å²) in [5.74, 6) is 0.908. The minimum absolute atomic E-state index is 0.780. The van der Waals surface area contributed by atoms with Crippen LogP contribution < -0.4 is 10.6 Å². The third kappa shape index (κ3) is 2.99. The van der Waals surface area contributed by atoms with Crippen LogP contribution >= 0.6 is 11.3 Å². The van der Waals surface area contributed by atoms with Crippen LogP contribution in [0.4, 0.5) is 0 Å². The monoisotopic (exact) mass is 286 g/mol. The summed E-state index contributed by atoms with van der Waals surface area (Å²) in [5.41, 5.74) is 2.28. The molecule has 0 unspecified atom stereocenters. The van der Waals surface area contributed by atoms with Crippen LogP contribution in [0.5, 0.6) is 0 Å². The van der Waals surface area contributed by atoms with Crippen molar-refractivity contribution >= 4 is 17.3 Å². The van der Waals surface area contributed by atoms with E-state index in [-0.39, 0.29) is 0 Å². The third-order valence-corrected chi connectivity index (χ3v) is 4.43. The number of rotatable bonds is 3. The molecule has 5 heteroatoms. The Labute approximate surface area is 123 Å². The predicted octanol–water partition coefficient (Wildman–Crippen LogP) is 2.56. The molecule has 1 aromatic carbocycles. The Balaban J connectivity index is 1.71. The molecule has 2 N–H and O–H groups in total. The number of guanidine groups is 1. The molecule has 0 bridgehead atoms. The first-order valence-electron chi connectivity index (χ1n) is 6.87. The quantitative estimate of drug-likeness (QED) is 0.911. The van der Waals surface area contributed by atoms with Crippen LogP contribution in [0.15, 0.2) is 35.3 Å². The van der Waals surface area contributed by atoms with Gasteiger partial charge in [-0.25, -0.2) is 4.98 Å². The fraction of sp³-hybridized carbons (Fsp3) is 0.333. The standard InChI is InChI=1S/C15H18N4S/c1-11-13(10-18-15-16-8-5-9-17-15)20-14(19-11)12-6-3-2-4-7-12/h2-4,6-7H,5,8-10H2,1H3,(H2,16,17,18). The van der Waals surface area contributed by atoms with E-state index < -0.39 is 0 Å². The average Bonchev–Trinajstić information content (AvgIpc) is 2.88. The van der Waals surface area contributed by atoms with Crippen molar-refractivity contribution in [3.8, 4) is 10.6 Å². The average molecular weight is 286 g/mol. The molecule has 0 saturated carbocycles. The van der Waals surface area contributed by atoms with Crippen molar-refractivity contribution in [1.29, 1.82) is 0 Å². The lowest BCUT2D eigenvalue weighted by Gasteiger charge is -2.15. The Morgan fingerprint density at radius 2 is 2.15 bits per heavy atom. The van der Waals surface area contributed by atoms with Gasteiger partial charge in [0.25, 0.3) is 0 Å². The second-order valence-corrected chi connectivity index (χ2v) is 5.84. The molecule has 1 aromatic heterocycles. The Kier molecular flexibility index (Phi) is 3.97. The summed E-state index contributed by atoms with van der Waals surface area (Å²) in [6.07, 6.45) is 1.11. The zero-order valence-corrected chi connectivity index (χ0v) is 12.3. The second kappa shape index (κ2) is 6.05. The fourth-order valence-electron chi connectivity index (χ4n) is 2.11. The van der Waals surface area contributed by atoms with E-state index in [1.165, 1.54) is 10.4 Å². The highest BCUT2D eigenvalue weighted by Crippen LogP contribution is 2.27. The second-order valence-electron chi connectivity index (χ2n) is 4.76. The first kappa shape index (κ1) is 13.1. The molecular formula is C15H18N4S. The molecule has 0 fully saturated rings. The van der Waals surface area contributed by atoms with Gasteiger partial charge in [-0.05, 0) is 13.3 Å². The number of aromatic nitrogens is 1. The highest BCUT2D eigenvalue weighted by atomic mass is 32.1. The SMILES string of the molecule is Cc1nc(-c2ccccc2)sc1CNC1=NCCCN1. The van der Waals surface area contributed by atoms with Gasteiger partial charge in [-0.2, -0.15) is 0 Å². The van der Waals surface area contributed by atoms with Crippen LogP contribution in [0.25, 0.3) is 10.6 Å². The summed E-state index contributed by atoms with van der Waals surface area (Å²) < 4.78 is 0. The maximum absolute atomic E-state index is 4.66. The maximum atomic E-state index is 4.66. The maximum Gasteiger partial charge on any atom is 0.191 e. The molecule has 0 atom stereocenters. The lowest BCUT2D eigenvalue weighted by molar-refractivity contribution is 0.703. The van der Waals surface area contributed by atoms with Gasteiger partial charge in [-0.3, -0.25) is 4.99 Å². The Bertz CT molecular complexity index is 604. The number of aryl methyl sites for hydroxylation is 1. The lowest BCUT2D eigenvalue weighted by Crippen LogP contribution is -2.40. The molecule has 1 aliphatic rings. The number of nitrogens with zero attached hydrogens (tertiary/aromatic N) is 2. The number of hydrogen-bond donors (Lipinski definition) is 2. The van der Waals surface area contributed by atoms with Gasteiger partial charge in [0.05, 0.1) is 12.2 Å². The predicted molar refractivity (Wildman–Crippen MR) is 84.0 cm³/mol. The number of nitrogens with one attached hydrogen (secondary N) is 2. The van der Waals surface area contributed by atoms with Crippen molar-refractivity contribution in [2.75, 3.05) is 13.1 Å². The van der Waals surface area contributed by atoms with E-state index in [2.05, 4.69) is 39.7 Å². The topological polar surface area (TPSA) is 49.3 Å². The van der Waals surface area contributed by atoms with E-state index in [0.717, 1.165) is 42.7 Å². The third-order valence-electron chi connectivity index (χ3n) is 3.23. The summed E-state index contributed by atoms with van der Waals surface area (Å²) in [4.78, 5) is 10.3. The summed E-state index contributed by atoms with van der Waals surface area (Å²) >= 11 is 1.74. The summed E-state index contributed by atoms with van der Waals surface area (Å²) in [7, 11) is 0. The molecule has 0 saturated heterocycles. The largest absolute Gasteiger partial charge is 0.356 e. The highest BCUT2D eigenvalue weighted by Gasteiger charge is 2.10. The number of aliphatic imine (C=N–C) groups is 1. The van der Waals surface area contributed by atoms with Crippen molar-refractivity contribution in [2.45, 2.75) is 19.9 Å². The number of thiazole rings is 1. The van der Waals surface area contributed by atoms with Crippen molar-refractivity contribution in [2.24, 2.45) is 4.99 Å². The molecule has 3 rings (SSSR count). The van der Waals surface area contributed by atoms with Gasteiger partial charge in [-0.1, -0.05) is 30.3 Å². The van der Waals surface area contributed by atoms with Crippen molar-refractivity contribution in [3.05, 3.63) is 40.9 Å². The number of hydrogen-bond acceptors (Lipinski definition) is 5. The van der Waals surface area contributed by atoms with Crippen molar-refractivity contribution in [3.63, 3.8) is 0 Å². The van der Waals surface area contributed by atoms with Crippen molar-refractivity contribution < 1.29 is 0 Å². The van der Waals surface area contributed by atoms with Gasteiger partial charge in [-0.15, -0.1) is 11.3 Å². The van der Waals surface area contributed by atoms with Gasteiger partial charge >= 0.3 is 0 Å². The van der Waals surface area contributed by atoms with Crippen LogP contribution in [-0.4, -0.2) is 24.0 Å². The molecule has 0 amide bonds. The zero-order chi connectivity index (χ0) is 13.8. The first-order valence-corrected chi connectivity index (χ1v) is 7.68. The van der Waals surface area contributed by atoms with Crippen LogP contribution in [0.1, 0.15) is 17.0 Å². The molecule has 104 valence electrons. The highest BCUT2D eigenvalue weighted by molar-refractivity contribution is 7.15. The van der Waals surface area contributed by atoms with E-state index in [1.807, 2.05) is 18.2 Å². The Morgan fingerprint density at radius 3 is 2.90 bits per heavy atom. The summed E-state index contributed by atoms with van der Waals surface area (Å²) in [5, 5.41) is 7.71. The summed E-state index contributed by atoms with van der Waals surface area (Å²) in [6.45, 7) is 4.76. The number of benzene rings is 1. The Morgan fingerprint density at radius 1 is 1.30 bits per heavy atom. The van der Waals surface area contributed by atoms with E-state index in [4.69, 9.17) is 0 Å². The van der Waals surface area contributed by atoms with Gasteiger partial charge < -0.3 is 10.6 Å². The van der Waals surface area contributed by atoms with Gasteiger partial charge in [0.1, 0.15) is 5.01 Å². The lowest BCUT2D eigenvalue weighted by atomic mass is 10.2.